The standard InChI is InChI=1S/C34H28N2O7/c1-34-25(30(39)36(33(34)43)19-9-3-2-4-10-19)17-24-21(28(34)22-12-5-6-13-26(22)37)14-15-23-27(24)31(40)35(29(23)38)20-11-7-8-18(16-20)32(41)42/h2-14,16,23-25,27-28,37H,15,17H2,1H3,(H,41,42)/t23-,24+,25-,27-,28+,34+/m0/s1. The smallest absolute Gasteiger partial charge is 0.335 e. The fraction of sp³-hybridized carbons (Fsp3) is 0.265. The van der Waals surface area contributed by atoms with Crippen molar-refractivity contribution in [2.45, 2.75) is 25.7 Å². The molecular weight excluding hydrogens is 548 g/mol. The van der Waals surface area contributed by atoms with Crippen molar-refractivity contribution in [3.63, 3.8) is 0 Å². The molecule has 9 nitrogen and oxygen atoms in total. The third-order valence-electron chi connectivity index (χ3n) is 9.89. The summed E-state index contributed by atoms with van der Waals surface area (Å²) >= 11 is 0. The number of aromatic carboxylic acids is 1. The number of nitrogens with zero attached hydrogens (tertiary/aromatic N) is 2. The van der Waals surface area contributed by atoms with Crippen LogP contribution in [0.25, 0.3) is 0 Å². The lowest BCUT2D eigenvalue weighted by atomic mass is 9.51. The van der Waals surface area contributed by atoms with Crippen LogP contribution in [0.2, 0.25) is 0 Å². The molecule has 0 radical (unpaired) electrons. The van der Waals surface area contributed by atoms with Crippen molar-refractivity contribution in [3.8, 4) is 5.75 Å². The lowest BCUT2D eigenvalue weighted by molar-refractivity contribution is -0.131. The molecule has 0 spiro atoms. The number of phenols is 1. The summed E-state index contributed by atoms with van der Waals surface area (Å²) in [5.41, 5.74) is 0.600. The van der Waals surface area contributed by atoms with Gasteiger partial charge in [0.25, 0.3) is 0 Å². The second-order valence-electron chi connectivity index (χ2n) is 11.9. The van der Waals surface area contributed by atoms with Crippen LogP contribution in [0.3, 0.4) is 0 Å². The summed E-state index contributed by atoms with van der Waals surface area (Å²) < 4.78 is 0. The van der Waals surface area contributed by atoms with Gasteiger partial charge in [-0.25, -0.2) is 9.69 Å². The van der Waals surface area contributed by atoms with Gasteiger partial charge in [0, 0.05) is 11.5 Å². The zero-order chi connectivity index (χ0) is 30.2. The van der Waals surface area contributed by atoms with Crippen molar-refractivity contribution >= 4 is 41.0 Å². The molecule has 0 unspecified atom stereocenters. The van der Waals surface area contributed by atoms with Crippen LogP contribution in [0.1, 0.15) is 41.6 Å². The van der Waals surface area contributed by atoms with E-state index in [-0.39, 0.29) is 41.7 Å². The Labute approximate surface area is 247 Å². The van der Waals surface area contributed by atoms with Crippen LogP contribution < -0.4 is 9.80 Å². The number of carbonyl (C=O) groups excluding carboxylic acids is 4. The number of anilines is 2. The number of hydrogen-bond acceptors (Lipinski definition) is 6. The SMILES string of the molecule is C[C@@]12C(=O)N(c3ccccc3)C(=O)[C@@H]1C[C@@H]1C(=CC[C@@H]3C(=O)N(c4cccc(C(=O)O)c4)C(=O)[C@@H]31)[C@@H]2c1ccccc1O. The topological polar surface area (TPSA) is 132 Å². The van der Waals surface area contributed by atoms with Gasteiger partial charge in [-0.2, -0.15) is 0 Å². The number of fused-ring (bicyclic) bond motifs is 4. The first kappa shape index (κ1) is 26.8. The monoisotopic (exact) mass is 576 g/mol. The summed E-state index contributed by atoms with van der Waals surface area (Å²) in [6.45, 7) is 1.77. The van der Waals surface area contributed by atoms with Crippen LogP contribution in [-0.4, -0.2) is 39.8 Å². The van der Waals surface area contributed by atoms with E-state index in [9.17, 15) is 34.2 Å². The van der Waals surface area contributed by atoms with Gasteiger partial charge in [0.05, 0.1) is 40.1 Å². The molecule has 6 atom stereocenters. The normalized spacial score (nSPS) is 29.7. The highest BCUT2D eigenvalue weighted by Gasteiger charge is 2.68. The van der Waals surface area contributed by atoms with Gasteiger partial charge in [0.2, 0.25) is 23.6 Å². The Morgan fingerprint density at radius 1 is 0.814 bits per heavy atom. The number of hydrogen-bond donors (Lipinski definition) is 2. The van der Waals surface area contributed by atoms with Crippen LogP contribution in [-0.2, 0) is 19.2 Å². The minimum absolute atomic E-state index is 0.0181. The molecule has 2 saturated heterocycles. The van der Waals surface area contributed by atoms with Gasteiger partial charge in [-0.1, -0.05) is 54.1 Å². The first-order chi connectivity index (χ1) is 20.6. The lowest BCUT2D eigenvalue weighted by Gasteiger charge is -2.49. The molecule has 4 aliphatic rings. The summed E-state index contributed by atoms with van der Waals surface area (Å²) in [5.74, 6) is -6.36. The Bertz CT molecular complexity index is 1760. The van der Waals surface area contributed by atoms with E-state index in [0.29, 0.717) is 11.3 Å². The Morgan fingerprint density at radius 2 is 1.51 bits per heavy atom. The fourth-order valence-electron chi connectivity index (χ4n) is 7.95. The minimum Gasteiger partial charge on any atom is -0.508 e. The first-order valence-corrected chi connectivity index (χ1v) is 14.3. The number of para-hydroxylation sites is 2. The van der Waals surface area contributed by atoms with E-state index in [0.717, 1.165) is 10.5 Å². The molecule has 0 aromatic heterocycles. The number of phenolic OH excluding ortho intramolecular Hbond substituents is 1. The molecule has 0 bridgehead atoms. The molecule has 2 aliphatic heterocycles. The number of allylic oxidation sites excluding steroid dienone is 2. The highest BCUT2D eigenvalue weighted by molar-refractivity contribution is 6.25. The van der Waals surface area contributed by atoms with Gasteiger partial charge in [0.15, 0.2) is 0 Å². The van der Waals surface area contributed by atoms with Crippen LogP contribution >= 0.6 is 0 Å². The molecule has 3 fully saturated rings. The molecule has 216 valence electrons. The third kappa shape index (κ3) is 3.67. The van der Waals surface area contributed by atoms with E-state index in [1.165, 1.54) is 29.2 Å². The van der Waals surface area contributed by atoms with Gasteiger partial charge in [-0.15, -0.1) is 0 Å². The number of aromatic hydroxyl groups is 1. The maximum absolute atomic E-state index is 14.3. The van der Waals surface area contributed by atoms with Crippen molar-refractivity contribution in [2.24, 2.45) is 29.1 Å². The number of imide groups is 2. The summed E-state index contributed by atoms with van der Waals surface area (Å²) in [4.78, 5) is 70.2. The second kappa shape index (κ2) is 9.49. The summed E-state index contributed by atoms with van der Waals surface area (Å²) in [5, 5.41) is 20.5. The van der Waals surface area contributed by atoms with Gasteiger partial charge in [-0.05, 0) is 62.1 Å². The highest BCUT2D eigenvalue weighted by atomic mass is 16.4. The maximum Gasteiger partial charge on any atom is 0.335 e. The van der Waals surface area contributed by atoms with Crippen molar-refractivity contribution in [1.29, 1.82) is 0 Å². The van der Waals surface area contributed by atoms with E-state index in [1.807, 2.05) is 6.08 Å². The number of rotatable bonds is 4. The number of carboxylic acids is 1. The number of carboxylic acid groups (broad SMARTS) is 1. The third-order valence-corrected chi connectivity index (χ3v) is 9.89. The van der Waals surface area contributed by atoms with Crippen LogP contribution in [0, 0.1) is 29.1 Å². The van der Waals surface area contributed by atoms with Crippen LogP contribution in [0.5, 0.6) is 5.75 Å². The first-order valence-electron chi connectivity index (χ1n) is 14.3. The molecule has 2 aliphatic carbocycles. The maximum atomic E-state index is 14.3. The van der Waals surface area contributed by atoms with Gasteiger partial charge in [0.1, 0.15) is 5.75 Å². The predicted molar refractivity (Wildman–Crippen MR) is 155 cm³/mol. The fourth-order valence-corrected chi connectivity index (χ4v) is 7.95. The average molecular weight is 577 g/mol. The average Bonchev–Trinajstić information content (AvgIpc) is 3.37. The van der Waals surface area contributed by atoms with E-state index in [4.69, 9.17) is 0 Å². The molecule has 7 rings (SSSR count). The largest absolute Gasteiger partial charge is 0.508 e. The molecule has 2 heterocycles. The zero-order valence-corrected chi connectivity index (χ0v) is 23.2. The van der Waals surface area contributed by atoms with E-state index in [1.54, 1.807) is 61.5 Å². The Hall–Kier alpha value is -5.05. The Balaban J connectivity index is 1.36. The summed E-state index contributed by atoms with van der Waals surface area (Å²) in [6, 6.07) is 21.2. The molecule has 9 heteroatoms. The Kier molecular flexibility index (Phi) is 5.92. The molecular formula is C34H28N2O7. The highest BCUT2D eigenvalue weighted by Crippen LogP contribution is 2.64. The quantitative estimate of drug-likeness (QED) is 0.345. The van der Waals surface area contributed by atoms with E-state index < -0.39 is 52.8 Å². The lowest BCUT2D eigenvalue weighted by Crippen LogP contribution is -2.48. The second-order valence-corrected chi connectivity index (χ2v) is 11.9. The predicted octanol–water partition coefficient (Wildman–Crippen LogP) is 4.53. The van der Waals surface area contributed by atoms with E-state index >= 15 is 0 Å². The molecule has 3 aromatic carbocycles. The zero-order valence-electron chi connectivity index (χ0n) is 23.2. The number of amides is 4. The van der Waals surface area contributed by atoms with Gasteiger partial charge in [-0.3, -0.25) is 24.1 Å². The Morgan fingerprint density at radius 3 is 2.23 bits per heavy atom. The van der Waals surface area contributed by atoms with Gasteiger partial charge < -0.3 is 10.2 Å². The van der Waals surface area contributed by atoms with E-state index in [2.05, 4.69) is 0 Å². The minimum atomic E-state index is -1.25. The number of carbonyl (C=O) groups is 5. The van der Waals surface area contributed by atoms with Gasteiger partial charge >= 0.3 is 5.97 Å². The summed E-state index contributed by atoms with van der Waals surface area (Å²) in [7, 11) is 0. The van der Waals surface area contributed by atoms with Crippen molar-refractivity contribution in [2.75, 3.05) is 9.80 Å². The molecule has 1 saturated carbocycles. The number of benzene rings is 3. The molecule has 2 N–H and O–H groups in total. The van der Waals surface area contributed by atoms with Crippen LogP contribution in [0.15, 0.2) is 90.5 Å². The summed E-state index contributed by atoms with van der Waals surface area (Å²) in [6.07, 6.45) is 2.34. The van der Waals surface area contributed by atoms with Crippen LogP contribution in [0.4, 0.5) is 11.4 Å². The molecule has 43 heavy (non-hydrogen) atoms. The van der Waals surface area contributed by atoms with Crippen molar-refractivity contribution in [1.82, 2.24) is 0 Å². The van der Waals surface area contributed by atoms with Crippen molar-refractivity contribution < 1.29 is 34.2 Å². The van der Waals surface area contributed by atoms with Crippen molar-refractivity contribution in [3.05, 3.63) is 102 Å². The molecule has 3 aromatic rings. The molecule has 4 amide bonds.